The number of carbonyl (C=O) groups excluding carboxylic acids is 1. The highest BCUT2D eigenvalue weighted by molar-refractivity contribution is 5.82. The summed E-state index contributed by atoms with van der Waals surface area (Å²) in [5.41, 5.74) is 0. The first-order valence-corrected chi connectivity index (χ1v) is 7.17. The summed E-state index contributed by atoms with van der Waals surface area (Å²) in [4.78, 5) is 11.1. The van der Waals surface area contributed by atoms with Crippen LogP contribution in [0.1, 0.15) is 46.5 Å². The molecule has 0 radical (unpaired) electrons. The highest BCUT2D eigenvalue weighted by Gasteiger charge is 2.00. The van der Waals surface area contributed by atoms with E-state index in [-0.39, 0.29) is 12.6 Å². The minimum atomic E-state index is -0.325. The molecule has 108 valence electrons. The summed E-state index contributed by atoms with van der Waals surface area (Å²) in [6, 6.07) is 0. The maximum atomic E-state index is 11.1. The van der Waals surface area contributed by atoms with Crippen molar-refractivity contribution in [3.63, 3.8) is 0 Å². The molecule has 0 fully saturated rings. The lowest BCUT2D eigenvalue weighted by molar-refractivity contribution is -0.136. The second-order valence-corrected chi connectivity index (χ2v) is 5.37. The Morgan fingerprint density at radius 3 is 2.58 bits per heavy atom. The highest BCUT2D eigenvalue weighted by Crippen LogP contribution is 2.15. The van der Waals surface area contributed by atoms with Gasteiger partial charge in [-0.25, -0.2) is 4.79 Å². The lowest BCUT2D eigenvalue weighted by Gasteiger charge is -2.09. The van der Waals surface area contributed by atoms with E-state index in [0.29, 0.717) is 5.92 Å². The van der Waals surface area contributed by atoms with Crippen molar-refractivity contribution in [1.29, 1.82) is 0 Å². The molecule has 1 unspecified atom stereocenters. The summed E-state index contributed by atoms with van der Waals surface area (Å²) < 4.78 is 4.82. The molecule has 0 aliphatic rings. The summed E-state index contributed by atoms with van der Waals surface area (Å²) >= 11 is 0. The fraction of sp³-hybridized carbons (Fsp3) is 0.588. The zero-order valence-electron chi connectivity index (χ0n) is 12.6. The number of allylic oxidation sites excluding steroid dienone is 3. The van der Waals surface area contributed by atoms with E-state index in [2.05, 4.69) is 33.4 Å². The predicted molar refractivity (Wildman–Crippen MR) is 81.9 cm³/mol. The van der Waals surface area contributed by atoms with Crippen LogP contribution in [-0.4, -0.2) is 12.6 Å². The van der Waals surface area contributed by atoms with Gasteiger partial charge in [0.2, 0.25) is 0 Å². The molecule has 0 aromatic carbocycles. The molecule has 1 atom stereocenters. The Morgan fingerprint density at radius 1 is 1.21 bits per heavy atom. The van der Waals surface area contributed by atoms with E-state index in [9.17, 15) is 4.79 Å². The smallest absolute Gasteiger partial charge is 0.331 e. The van der Waals surface area contributed by atoms with Crippen LogP contribution in [0.25, 0.3) is 0 Å². The summed E-state index contributed by atoms with van der Waals surface area (Å²) in [5, 5.41) is 0. The molecule has 0 aromatic heterocycles. The van der Waals surface area contributed by atoms with Gasteiger partial charge in [0.25, 0.3) is 0 Å². The van der Waals surface area contributed by atoms with E-state index in [0.717, 1.165) is 12.3 Å². The van der Waals surface area contributed by atoms with Crippen LogP contribution in [0, 0.1) is 11.8 Å². The van der Waals surface area contributed by atoms with Crippen molar-refractivity contribution >= 4 is 5.97 Å². The van der Waals surface area contributed by atoms with Crippen molar-refractivity contribution in [3.05, 3.63) is 37.0 Å². The largest absolute Gasteiger partial charge is 0.458 e. The molecule has 0 rings (SSSR count). The van der Waals surface area contributed by atoms with Gasteiger partial charge < -0.3 is 4.74 Å². The van der Waals surface area contributed by atoms with E-state index in [1.54, 1.807) is 12.2 Å². The number of esters is 1. The number of hydrogen-bond acceptors (Lipinski definition) is 2. The molecule has 0 aliphatic heterocycles. The van der Waals surface area contributed by atoms with Gasteiger partial charge in [0, 0.05) is 6.08 Å². The van der Waals surface area contributed by atoms with Crippen LogP contribution >= 0.6 is 0 Å². The zero-order chi connectivity index (χ0) is 14.5. The summed E-state index contributed by atoms with van der Waals surface area (Å²) in [6.07, 6.45) is 13.7. The second-order valence-electron chi connectivity index (χ2n) is 5.37. The molecular weight excluding hydrogens is 236 g/mol. The van der Waals surface area contributed by atoms with Crippen LogP contribution in [0.3, 0.4) is 0 Å². The molecule has 0 saturated heterocycles. The first-order valence-electron chi connectivity index (χ1n) is 7.17. The van der Waals surface area contributed by atoms with Gasteiger partial charge in [-0.15, -0.1) is 0 Å². The molecule has 19 heavy (non-hydrogen) atoms. The van der Waals surface area contributed by atoms with Gasteiger partial charge in [-0.05, 0) is 18.3 Å². The lowest BCUT2D eigenvalue weighted by atomic mass is 9.97. The first kappa shape index (κ1) is 17.7. The van der Waals surface area contributed by atoms with Crippen LogP contribution in [0.5, 0.6) is 0 Å². The van der Waals surface area contributed by atoms with Crippen molar-refractivity contribution in [2.24, 2.45) is 11.8 Å². The fourth-order valence-corrected chi connectivity index (χ4v) is 1.71. The average molecular weight is 264 g/mol. The number of rotatable bonds is 10. The molecule has 0 aliphatic carbocycles. The molecule has 0 N–H and O–H groups in total. The Kier molecular flexibility index (Phi) is 11.0. The fourth-order valence-electron chi connectivity index (χ4n) is 1.71. The van der Waals surface area contributed by atoms with Crippen LogP contribution in [0.2, 0.25) is 0 Å². The predicted octanol–water partition coefficient (Wildman–Crippen LogP) is 4.68. The van der Waals surface area contributed by atoms with Crippen LogP contribution in [0.4, 0.5) is 0 Å². The zero-order valence-corrected chi connectivity index (χ0v) is 12.6. The van der Waals surface area contributed by atoms with Gasteiger partial charge in [-0.1, -0.05) is 70.9 Å². The standard InChI is InChI=1S/C17H28O2/c1-5-14-19-17(18)13-8-6-7-11-16(4)12-9-10-15(2)3/h5-8,13,15-16H,1,9-12,14H2,2-4H3/b7-6+,13-8+. The Morgan fingerprint density at radius 2 is 1.95 bits per heavy atom. The normalized spacial score (nSPS) is 13.3. The third-order valence-corrected chi connectivity index (χ3v) is 2.84. The third-order valence-electron chi connectivity index (χ3n) is 2.84. The molecule has 0 amide bonds. The lowest BCUT2D eigenvalue weighted by Crippen LogP contribution is -1.99. The second kappa shape index (κ2) is 11.8. The van der Waals surface area contributed by atoms with Crippen molar-refractivity contribution in [2.45, 2.75) is 46.5 Å². The number of ether oxygens (including phenoxy) is 1. The Hall–Kier alpha value is -1.31. The van der Waals surface area contributed by atoms with Gasteiger partial charge >= 0.3 is 5.97 Å². The minimum absolute atomic E-state index is 0.264. The topological polar surface area (TPSA) is 26.3 Å². The van der Waals surface area contributed by atoms with E-state index in [4.69, 9.17) is 4.74 Å². The maximum absolute atomic E-state index is 11.1. The van der Waals surface area contributed by atoms with Crippen molar-refractivity contribution in [1.82, 2.24) is 0 Å². The van der Waals surface area contributed by atoms with E-state index in [1.807, 2.05) is 6.08 Å². The van der Waals surface area contributed by atoms with Crippen molar-refractivity contribution in [3.8, 4) is 0 Å². The Bertz CT molecular complexity index is 300. The van der Waals surface area contributed by atoms with Gasteiger partial charge in [0.05, 0.1) is 0 Å². The molecule has 0 bridgehead atoms. The molecule has 2 nitrogen and oxygen atoms in total. The highest BCUT2D eigenvalue weighted by atomic mass is 16.5. The number of hydrogen-bond donors (Lipinski definition) is 0. The summed E-state index contributed by atoms with van der Waals surface area (Å²) in [5.74, 6) is 1.18. The van der Waals surface area contributed by atoms with Crippen LogP contribution in [0.15, 0.2) is 37.0 Å². The molecule has 0 heterocycles. The molecule has 0 saturated carbocycles. The summed E-state index contributed by atoms with van der Waals surface area (Å²) in [7, 11) is 0. The van der Waals surface area contributed by atoms with Crippen molar-refractivity contribution in [2.75, 3.05) is 6.61 Å². The van der Waals surface area contributed by atoms with Crippen LogP contribution in [-0.2, 0) is 9.53 Å². The third kappa shape index (κ3) is 12.9. The van der Waals surface area contributed by atoms with Gasteiger partial charge in [0.15, 0.2) is 0 Å². The minimum Gasteiger partial charge on any atom is -0.458 e. The Labute approximate surface area is 118 Å². The SMILES string of the molecule is C=CCOC(=O)/C=C/C=C/CC(C)CCCC(C)C. The van der Waals surface area contributed by atoms with Crippen molar-refractivity contribution < 1.29 is 9.53 Å². The number of carbonyl (C=O) groups is 1. The molecule has 0 spiro atoms. The van der Waals surface area contributed by atoms with Gasteiger partial charge in [0.1, 0.15) is 6.61 Å². The van der Waals surface area contributed by atoms with E-state index in [1.165, 1.54) is 25.3 Å². The van der Waals surface area contributed by atoms with Crippen LogP contribution < -0.4 is 0 Å². The summed E-state index contributed by atoms with van der Waals surface area (Å²) in [6.45, 7) is 10.5. The van der Waals surface area contributed by atoms with E-state index < -0.39 is 0 Å². The maximum Gasteiger partial charge on any atom is 0.331 e. The van der Waals surface area contributed by atoms with Gasteiger partial charge in [-0.2, -0.15) is 0 Å². The molecular formula is C17H28O2. The van der Waals surface area contributed by atoms with Gasteiger partial charge in [-0.3, -0.25) is 0 Å². The monoisotopic (exact) mass is 264 g/mol. The molecule has 0 aromatic rings. The Balaban J connectivity index is 3.68. The average Bonchev–Trinajstić information content (AvgIpc) is 2.35. The quantitative estimate of drug-likeness (QED) is 0.248. The first-order chi connectivity index (χ1) is 9.06. The molecule has 2 heteroatoms. The van der Waals surface area contributed by atoms with E-state index >= 15 is 0 Å².